The van der Waals surface area contributed by atoms with Gasteiger partial charge < -0.3 is 5.32 Å². The van der Waals surface area contributed by atoms with Crippen LogP contribution in [0.15, 0.2) is 54.7 Å². The Balaban J connectivity index is 1.47. The van der Waals surface area contributed by atoms with Crippen molar-refractivity contribution in [2.75, 3.05) is 0 Å². The van der Waals surface area contributed by atoms with Crippen LogP contribution in [-0.2, 0) is 17.8 Å². The maximum atomic E-state index is 13.1. The molecular formula is C22H20FN3OS. The average Bonchev–Trinajstić information content (AvgIpc) is 3.22. The van der Waals surface area contributed by atoms with Gasteiger partial charge in [0.25, 0.3) is 0 Å². The number of carbonyl (C=O) groups is 1. The molecule has 4 nitrogen and oxygen atoms in total. The SMILES string of the molecule is Cc1ccccc1CC(=O)NCc1sc2nc(-c3ccc(F)cc3)cn2c1C. The molecule has 0 spiro atoms. The highest BCUT2D eigenvalue weighted by atomic mass is 32.1. The Morgan fingerprint density at radius 2 is 1.89 bits per heavy atom. The van der Waals surface area contributed by atoms with Crippen molar-refractivity contribution in [1.82, 2.24) is 14.7 Å². The van der Waals surface area contributed by atoms with Crippen LogP contribution in [0.2, 0.25) is 0 Å². The van der Waals surface area contributed by atoms with Crippen molar-refractivity contribution in [2.24, 2.45) is 0 Å². The number of thiazole rings is 1. The molecule has 0 bridgehead atoms. The summed E-state index contributed by atoms with van der Waals surface area (Å²) in [5.41, 5.74) is 4.91. The van der Waals surface area contributed by atoms with E-state index in [4.69, 9.17) is 0 Å². The minimum atomic E-state index is -0.260. The standard InChI is InChI=1S/C22H20FN3OS/c1-14-5-3-4-6-17(14)11-21(27)24-12-20-15(2)26-13-19(25-22(26)28-20)16-7-9-18(23)10-8-16/h3-10,13H,11-12H2,1-2H3,(H,24,27). The van der Waals surface area contributed by atoms with Gasteiger partial charge in [0.2, 0.25) is 5.91 Å². The summed E-state index contributed by atoms with van der Waals surface area (Å²) in [7, 11) is 0. The molecule has 2 heterocycles. The van der Waals surface area contributed by atoms with E-state index in [9.17, 15) is 9.18 Å². The average molecular weight is 393 g/mol. The Morgan fingerprint density at radius 1 is 1.14 bits per heavy atom. The van der Waals surface area contributed by atoms with Gasteiger partial charge >= 0.3 is 0 Å². The summed E-state index contributed by atoms with van der Waals surface area (Å²) in [6.07, 6.45) is 2.33. The van der Waals surface area contributed by atoms with Crippen LogP contribution in [0.4, 0.5) is 4.39 Å². The summed E-state index contributed by atoms with van der Waals surface area (Å²) in [6.45, 7) is 4.51. The Morgan fingerprint density at radius 3 is 2.61 bits per heavy atom. The Labute approximate surface area is 166 Å². The number of aromatic nitrogens is 2. The van der Waals surface area contributed by atoms with Gasteiger partial charge in [0.15, 0.2) is 4.96 Å². The van der Waals surface area contributed by atoms with E-state index in [1.807, 2.05) is 48.7 Å². The summed E-state index contributed by atoms with van der Waals surface area (Å²) in [5, 5.41) is 3.01. The quantitative estimate of drug-likeness (QED) is 0.535. The van der Waals surface area contributed by atoms with Crippen molar-refractivity contribution in [1.29, 1.82) is 0 Å². The Bertz CT molecular complexity index is 1140. The first kappa shape index (κ1) is 18.4. The molecule has 2 aromatic heterocycles. The summed E-state index contributed by atoms with van der Waals surface area (Å²) < 4.78 is 15.1. The van der Waals surface area contributed by atoms with Crippen LogP contribution >= 0.6 is 11.3 Å². The van der Waals surface area contributed by atoms with Gasteiger partial charge in [0, 0.05) is 22.3 Å². The van der Waals surface area contributed by atoms with Crippen LogP contribution < -0.4 is 5.32 Å². The van der Waals surface area contributed by atoms with Gasteiger partial charge in [-0.2, -0.15) is 0 Å². The molecule has 0 unspecified atom stereocenters. The fourth-order valence-corrected chi connectivity index (χ4v) is 4.18. The van der Waals surface area contributed by atoms with Crippen molar-refractivity contribution in [3.63, 3.8) is 0 Å². The number of fused-ring (bicyclic) bond motifs is 1. The van der Waals surface area contributed by atoms with Crippen LogP contribution in [0.5, 0.6) is 0 Å². The van der Waals surface area contributed by atoms with E-state index in [-0.39, 0.29) is 11.7 Å². The monoisotopic (exact) mass is 393 g/mol. The highest BCUT2D eigenvalue weighted by Gasteiger charge is 2.14. The molecule has 1 amide bonds. The van der Waals surface area contributed by atoms with Gasteiger partial charge in [0.05, 0.1) is 18.7 Å². The third-order valence-corrected chi connectivity index (χ3v) is 6.01. The maximum Gasteiger partial charge on any atom is 0.224 e. The zero-order chi connectivity index (χ0) is 19.7. The molecule has 0 aliphatic rings. The molecule has 0 saturated heterocycles. The van der Waals surface area contributed by atoms with Crippen molar-refractivity contribution in [3.8, 4) is 11.3 Å². The van der Waals surface area contributed by atoms with Gasteiger partial charge in [-0.15, -0.1) is 0 Å². The second kappa shape index (κ2) is 7.56. The van der Waals surface area contributed by atoms with E-state index in [1.165, 1.54) is 12.1 Å². The van der Waals surface area contributed by atoms with E-state index in [0.717, 1.165) is 37.9 Å². The largest absolute Gasteiger partial charge is 0.351 e. The first-order valence-corrected chi connectivity index (χ1v) is 9.87. The molecule has 0 atom stereocenters. The van der Waals surface area contributed by atoms with Crippen molar-refractivity contribution in [2.45, 2.75) is 26.8 Å². The molecule has 0 fully saturated rings. The van der Waals surface area contributed by atoms with Gasteiger partial charge in [-0.25, -0.2) is 9.37 Å². The number of imidazole rings is 1. The molecule has 1 N–H and O–H groups in total. The third-order valence-electron chi connectivity index (χ3n) is 4.85. The number of hydrogen-bond acceptors (Lipinski definition) is 3. The third kappa shape index (κ3) is 3.68. The molecule has 0 aliphatic carbocycles. The number of hydrogen-bond donors (Lipinski definition) is 1. The molecule has 142 valence electrons. The number of aryl methyl sites for hydroxylation is 2. The van der Waals surface area contributed by atoms with Crippen LogP contribution in [0.25, 0.3) is 16.2 Å². The predicted octanol–water partition coefficient (Wildman–Crippen LogP) is 4.68. The molecule has 28 heavy (non-hydrogen) atoms. The number of halogens is 1. The van der Waals surface area contributed by atoms with Crippen LogP contribution in [0, 0.1) is 19.7 Å². The molecule has 4 rings (SSSR count). The van der Waals surface area contributed by atoms with Crippen molar-refractivity contribution in [3.05, 3.63) is 82.2 Å². The Hall–Kier alpha value is -2.99. The second-order valence-corrected chi connectivity index (χ2v) is 7.84. The van der Waals surface area contributed by atoms with E-state index >= 15 is 0 Å². The molecule has 2 aromatic carbocycles. The number of amides is 1. The van der Waals surface area contributed by atoms with E-state index in [0.29, 0.717) is 13.0 Å². The topological polar surface area (TPSA) is 46.4 Å². The lowest BCUT2D eigenvalue weighted by atomic mass is 10.1. The van der Waals surface area contributed by atoms with Crippen LogP contribution in [0.1, 0.15) is 21.7 Å². The fraction of sp³-hybridized carbons (Fsp3) is 0.182. The molecule has 0 aliphatic heterocycles. The van der Waals surface area contributed by atoms with E-state index in [2.05, 4.69) is 10.3 Å². The van der Waals surface area contributed by atoms with E-state index in [1.54, 1.807) is 23.5 Å². The van der Waals surface area contributed by atoms with Gasteiger partial charge in [-0.1, -0.05) is 35.6 Å². The maximum absolute atomic E-state index is 13.1. The number of carbonyl (C=O) groups excluding carboxylic acids is 1. The Kier molecular flexibility index (Phi) is 4.96. The zero-order valence-electron chi connectivity index (χ0n) is 15.7. The van der Waals surface area contributed by atoms with Crippen molar-refractivity contribution < 1.29 is 9.18 Å². The molecular weight excluding hydrogens is 373 g/mol. The van der Waals surface area contributed by atoms with Gasteiger partial charge in [-0.05, 0) is 49.2 Å². The fourth-order valence-electron chi connectivity index (χ4n) is 3.14. The molecule has 6 heteroatoms. The lowest BCUT2D eigenvalue weighted by molar-refractivity contribution is -0.120. The first-order valence-electron chi connectivity index (χ1n) is 9.06. The number of nitrogens with zero attached hydrogens (tertiary/aromatic N) is 2. The zero-order valence-corrected chi connectivity index (χ0v) is 16.5. The summed E-state index contributed by atoms with van der Waals surface area (Å²) in [4.78, 5) is 18.9. The van der Waals surface area contributed by atoms with Crippen LogP contribution in [-0.4, -0.2) is 15.3 Å². The molecule has 0 saturated carbocycles. The predicted molar refractivity (Wildman–Crippen MR) is 110 cm³/mol. The van der Waals surface area contributed by atoms with Crippen molar-refractivity contribution >= 4 is 22.2 Å². The van der Waals surface area contributed by atoms with Gasteiger partial charge in [0.1, 0.15) is 5.82 Å². The number of nitrogens with one attached hydrogen (secondary N) is 1. The molecule has 4 aromatic rings. The smallest absolute Gasteiger partial charge is 0.224 e. The minimum Gasteiger partial charge on any atom is -0.351 e. The summed E-state index contributed by atoms with van der Waals surface area (Å²) in [5.74, 6) is -0.253. The number of benzene rings is 2. The van der Waals surface area contributed by atoms with Gasteiger partial charge in [-0.3, -0.25) is 9.20 Å². The minimum absolute atomic E-state index is 0.00624. The van der Waals surface area contributed by atoms with E-state index < -0.39 is 0 Å². The normalized spacial score (nSPS) is 11.1. The summed E-state index contributed by atoms with van der Waals surface area (Å²) in [6, 6.07) is 14.2. The second-order valence-electron chi connectivity index (χ2n) is 6.78. The summed E-state index contributed by atoms with van der Waals surface area (Å²) >= 11 is 1.56. The highest BCUT2D eigenvalue weighted by Crippen LogP contribution is 2.27. The van der Waals surface area contributed by atoms with Crippen LogP contribution in [0.3, 0.4) is 0 Å². The highest BCUT2D eigenvalue weighted by molar-refractivity contribution is 7.17. The molecule has 0 radical (unpaired) electrons. The first-order chi connectivity index (χ1) is 13.5. The lowest BCUT2D eigenvalue weighted by Crippen LogP contribution is -2.24. The number of rotatable bonds is 5. The lowest BCUT2D eigenvalue weighted by Gasteiger charge is -2.07.